The molecule has 5 rings (SSSR count). The predicted molar refractivity (Wildman–Crippen MR) is 142 cm³/mol. The molecule has 8 heteroatoms. The largest absolute Gasteiger partial charge is 0.464 e. The lowest BCUT2D eigenvalue weighted by molar-refractivity contribution is -0.223. The standard InChI is InChI=1S/C29H33NO6Si/c1-5-34-27(33)29-22-18-12-13-19-28(22,36-37(2,3)4)35-25(20-14-8-6-9-15-20)23(29)24(31)26(32)30(29)21-16-10-7-11-17-21/h6-11,14-17,22H,5,12-13,18-19H2,1-4H3/t22-,28-,29-/m1/s1. The van der Waals surface area contributed by atoms with Gasteiger partial charge in [0, 0.05) is 17.7 Å². The lowest BCUT2D eigenvalue weighted by atomic mass is 9.65. The zero-order chi connectivity index (χ0) is 26.4. The number of fused-ring (bicyclic) bond motifs is 3. The van der Waals surface area contributed by atoms with Crippen LogP contribution >= 0.6 is 0 Å². The first-order chi connectivity index (χ1) is 17.7. The van der Waals surface area contributed by atoms with Gasteiger partial charge in [0.25, 0.3) is 5.78 Å². The maximum atomic E-state index is 14.3. The molecule has 7 nitrogen and oxygen atoms in total. The zero-order valence-corrected chi connectivity index (χ0v) is 22.8. The number of hydrogen-bond acceptors (Lipinski definition) is 6. The zero-order valence-electron chi connectivity index (χ0n) is 21.8. The Balaban J connectivity index is 1.90. The van der Waals surface area contributed by atoms with Crippen LogP contribution in [0.1, 0.15) is 38.2 Å². The number of benzene rings is 2. The van der Waals surface area contributed by atoms with E-state index in [1.807, 2.05) is 36.4 Å². The van der Waals surface area contributed by atoms with Gasteiger partial charge in [-0.25, -0.2) is 4.79 Å². The highest BCUT2D eigenvalue weighted by Gasteiger charge is 2.74. The molecule has 3 atom stereocenters. The summed E-state index contributed by atoms with van der Waals surface area (Å²) >= 11 is 0. The van der Waals surface area contributed by atoms with E-state index in [9.17, 15) is 14.4 Å². The van der Waals surface area contributed by atoms with E-state index in [1.165, 1.54) is 4.90 Å². The number of para-hydroxylation sites is 1. The van der Waals surface area contributed by atoms with Crippen LogP contribution in [0.4, 0.5) is 5.69 Å². The fraction of sp³-hybridized carbons (Fsp3) is 0.414. The molecule has 3 aliphatic rings. The van der Waals surface area contributed by atoms with Gasteiger partial charge in [-0.05, 0) is 51.5 Å². The van der Waals surface area contributed by atoms with Gasteiger partial charge < -0.3 is 13.9 Å². The Morgan fingerprint density at radius 2 is 1.68 bits per heavy atom. The molecule has 2 aromatic carbocycles. The van der Waals surface area contributed by atoms with Gasteiger partial charge in [0.15, 0.2) is 13.9 Å². The van der Waals surface area contributed by atoms with E-state index in [0.717, 1.165) is 12.8 Å². The van der Waals surface area contributed by atoms with Crippen molar-refractivity contribution in [3.05, 3.63) is 71.8 Å². The van der Waals surface area contributed by atoms with E-state index < -0.39 is 43.2 Å². The number of hydrogen-bond donors (Lipinski definition) is 0. The number of carbonyl (C=O) groups is 3. The Kier molecular flexibility index (Phi) is 6.36. The van der Waals surface area contributed by atoms with Crippen LogP contribution in [0.3, 0.4) is 0 Å². The minimum absolute atomic E-state index is 0.0488. The Morgan fingerprint density at radius 1 is 1.03 bits per heavy atom. The number of anilines is 1. The second-order valence-electron chi connectivity index (χ2n) is 10.8. The summed E-state index contributed by atoms with van der Waals surface area (Å²) in [6.45, 7) is 8.07. The smallest absolute Gasteiger partial charge is 0.338 e. The van der Waals surface area contributed by atoms with Gasteiger partial charge in [-0.15, -0.1) is 0 Å². The van der Waals surface area contributed by atoms with E-state index in [4.69, 9.17) is 13.9 Å². The molecule has 1 saturated heterocycles. The molecule has 0 N–H and O–H groups in total. The molecule has 0 aromatic heterocycles. The first-order valence-electron chi connectivity index (χ1n) is 13.0. The van der Waals surface area contributed by atoms with Gasteiger partial charge in [-0.3, -0.25) is 14.5 Å². The van der Waals surface area contributed by atoms with Gasteiger partial charge in [-0.2, -0.15) is 0 Å². The number of amides is 1. The van der Waals surface area contributed by atoms with Crippen LogP contribution in [0.5, 0.6) is 0 Å². The second-order valence-corrected chi connectivity index (χ2v) is 15.2. The third-order valence-corrected chi connectivity index (χ3v) is 8.24. The number of rotatable bonds is 6. The molecule has 0 unspecified atom stereocenters. The number of Topliss-reactive ketones (excluding diaryl/α,β-unsaturated/α-hetero) is 1. The van der Waals surface area contributed by atoms with Crippen LogP contribution in [0, 0.1) is 5.92 Å². The molecule has 0 radical (unpaired) electrons. The van der Waals surface area contributed by atoms with E-state index in [-0.39, 0.29) is 17.9 Å². The van der Waals surface area contributed by atoms with Crippen molar-refractivity contribution >= 4 is 37.4 Å². The molecule has 0 bridgehead atoms. The third kappa shape index (κ3) is 3.94. The van der Waals surface area contributed by atoms with Crippen molar-refractivity contribution in [3.63, 3.8) is 0 Å². The Hall–Kier alpha value is -3.23. The van der Waals surface area contributed by atoms with Crippen molar-refractivity contribution in [2.45, 2.75) is 63.6 Å². The second kappa shape index (κ2) is 9.26. The van der Waals surface area contributed by atoms with Crippen molar-refractivity contribution in [2.75, 3.05) is 11.5 Å². The van der Waals surface area contributed by atoms with Crippen LogP contribution in [0.25, 0.3) is 5.76 Å². The summed E-state index contributed by atoms with van der Waals surface area (Å²) in [6.07, 6.45) is 2.73. The number of ketones is 1. The predicted octanol–water partition coefficient (Wildman–Crippen LogP) is 5.08. The SMILES string of the molecule is CCOC(=O)[C@]12C(=C(c3ccccc3)O[C@@]3(O[Si](C)(C)C)CCCC[C@H]31)C(=O)C(=O)N2c1ccccc1. The molecule has 2 aromatic rings. The Morgan fingerprint density at radius 3 is 2.30 bits per heavy atom. The molecule has 37 heavy (non-hydrogen) atoms. The number of ether oxygens (including phenoxy) is 2. The average Bonchev–Trinajstić information content (AvgIpc) is 3.11. The minimum atomic E-state index is -2.25. The first-order valence-corrected chi connectivity index (χ1v) is 16.4. The summed E-state index contributed by atoms with van der Waals surface area (Å²) < 4.78 is 19.4. The molecule has 2 heterocycles. The summed E-state index contributed by atoms with van der Waals surface area (Å²) in [6, 6.07) is 18.1. The van der Waals surface area contributed by atoms with Gasteiger partial charge in [-0.1, -0.05) is 55.0 Å². The fourth-order valence-corrected chi connectivity index (χ4v) is 7.50. The number of nitrogens with zero attached hydrogens (tertiary/aromatic N) is 1. The topological polar surface area (TPSA) is 82.1 Å². The van der Waals surface area contributed by atoms with E-state index in [1.54, 1.807) is 31.2 Å². The van der Waals surface area contributed by atoms with E-state index in [0.29, 0.717) is 24.1 Å². The lowest BCUT2D eigenvalue weighted by Crippen LogP contribution is -2.69. The van der Waals surface area contributed by atoms with Crippen molar-refractivity contribution in [1.29, 1.82) is 0 Å². The quantitative estimate of drug-likeness (QED) is 0.301. The van der Waals surface area contributed by atoms with Crippen molar-refractivity contribution < 1.29 is 28.3 Å². The lowest BCUT2D eigenvalue weighted by Gasteiger charge is -2.56. The van der Waals surface area contributed by atoms with Crippen LogP contribution in [-0.4, -0.2) is 43.9 Å². The summed E-state index contributed by atoms with van der Waals surface area (Å²) in [4.78, 5) is 43.5. The highest BCUT2D eigenvalue weighted by atomic mass is 28.4. The molecule has 1 aliphatic carbocycles. The molecule has 1 amide bonds. The van der Waals surface area contributed by atoms with Crippen molar-refractivity contribution in [1.82, 2.24) is 0 Å². The van der Waals surface area contributed by atoms with Crippen LogP contribution in [-0.2, 0) is 28.3 Å². The summed E-state index contributed by atoms with van der Waals surface area (Å²) in [7, 11) is -2.25. The van der Waals surface area contributed by atoms with Gasteiger partial charge >= 0.3 is 11.9 Å². The highest BCUT2D eigenvalue weighted by Crippen LogP contribution is 2.59. The Bertz CT molecular complexity index is 1250. The molecule has 2 fully saturated rings. The average molecular weight is 520 g/mol. The maximum absolute atomic E-state index is 14.3. The Labute approximate surface area is 218 Å². The van der Waals surface area contributed by atoms with Crippen LogP contribution in [0.2, 0.25) is 19.6 Å². The van der Waals surface area contributed by atoms with Gasteiger partial charge in [0.2, 0.25) is 5.79 Å². The summed E-state index contributed by atoms with van der Waals surface area (Å²) in [5, 5.41) is 0. The van der Waals surface area contributed by atoms with E-state index >= 15 is 0 Å². The highest BCUT2D eigenvalue weighted by molar-refractivity contribution is 6.69. The van der Waals surface area contributed by atoms with Crippen LogP contribution in [0.15, 0.2) is 66.2 Å². The van der Waals surface area contributed by atoms with Crippen molar-refractivity contribution in [2.24, 2.45) is 5.92 Å². The fourth-order valence-electron chi connectivity index (χ4n) is 6.18. The van der Waals surface area contributed by atoms with Crippen LogP contribution < -0.4 is 4.90 Å². The molecular formula is C29H33NO6Si. The molecular weight excluding hydrogens is 486 g/mol. The van der Waals surface area contributed by atoms with E-state index in [2.05, 4.69) is 19.6 Å². The van der Waals surface area contributed by atoms with Gasteiger partial charge in [0.1, 0.15) is 5.76 Å². The number of carbonyl (C=O) groups excluding carboxylic acids is 3. The normalized spacial score (nSPS) is 27.5. The summed E-state index contributed by atoms with van der Waals surface area (Å²) in [5.74, 6) is -3.73. The molecule has 0 spiro atoms. The first kappa shape index (κ1) is 25.4. The molecule has 194 valence electrons. The monoisotopic (exact) mass is 519 g/mol. The molecule has 1 saturated carbocycles. The van der Waals surface area contributed by atoms with Crippen molar-refractivity contribution in [3.8, 4) is 0 Å². The van der Waals surface area contributed by atoms with Gasteiger partial charge in [0.05, 0.1) is 18.1 Å². The minimum Gasteiger partial charge on any atom is -0.464 e. The third-order valence-electron chi connectivity index (χ3n) is 7.28. The summed E-state index contributed by atoms with van der Waals surface area (Å²) in [5.41, 5.74) is -0.585. The number of esters is 1. The maximum Gasteiger partial charge on any atom is 0.338 e. The molecule has 2 aliphatic heterocycles.